The van der Waals surface area contributed by atoms with Crippen LogP contribution in [0.4, 0.5) is 14.5 Å². The van der Waals surface area contributed by atoms with E-state index in [4.69, 9.17) is 0 Å². The van der Waals surface area contributed by atoms with Crippen LogP contribution in [-0.4, -0.2) is 32.6 Å². The third-order valence-electron chi connectivity index (χ3n) is 2.97. The van der Waals surface area contributed by atoms with Crippen molar-refractivity contribution in [1.82, 2.24) is 10.6 Å². The summed E-state index contributed by atoms with van der Waals surface area (Å²) < 4.78 is 28.1. The van der Waals surface area contributed by atoms with Crippen molar-refractivity contribution in [2.45, 2.75) is 26.8 Å². The lowest BCUT2D eigenvalue weighted by atomic mass is 10.1. The van der Waals surface area contributed by atoms with Gasteiger partial charge in [0.25, 0.3) is 0 Å². The SMILES string of the molecule is CCCNCc1cc(F)c(N(C)CC(=O)NCC)c(F)c1. The molecule has 0 aromatic heterocycles. The zero-order valence-electron chi connectivity index (χ0n) is 12.8. The van der Waals surface area contributed by atoms with E-state index in [0.29, 0.717) is 18.7 Å². The standard InChI is InChI=1S/C15H23F2N3O/c1-4-6-18-9-11-7-12(16)15(13(17)8-11)20(3)10-14(21)19-5-2/h7-8,18H,4-6,9-10H2,1-3H3,(H,19,21). The largest absolute Gasteiger partial charge is 0.361 e. The van der Waals surface area contributed by atoms with Crippen LogP contribution in [0.15, 0.2) is 12.1 Å². The van der Waals surface area contributed by atoms with Gasteiger partial charge in [-0.3, -0.25) is 4.79 Å². The van der Waals surface area contributed by atoms with Crippen LogP contribution in [0.5, 0.6) is 0 Å². The highest BCUT2D eigenvalue weighted by Gasteiger charge is 2.17. The van der Waals surface area contributed by atoms with Gasteiger partial charge in [0, 0.05) is 20.1 Å². The maximum absolute atomic E-state index is 14.1. The Morgan fingerprint density at radius 2 is 1.86 bits per heavy atom. The number of hydrogen-bond donors (Lipinski definition) is 2. The molecule has 1 rings (SSSR count). The lowest BCUT2D eigenvalue weighted by molar-refractivity contribution is -0.119. The summed E-state index contributed by atoms with van der Waals surface area (Å²) in [4.78, 5) is 12.8. The van der Waals surface area contributed by atoms with Crippen molar-refractivity contribution >= 4 is 11.6 Å². The predicted molar refractivity (Wildman–Crippen MR) is 80.3 cm³/mol. The van der Waals surface area contributed by atoms with Gasteiger partial charge in [-0.25, -0.2) is 8.78 Å². The molecule has 21 heavy (non-hydrogen) atoms. The highest BCUT2D eigenvalue weighted by atomic mass is 19.1. The second-order valence-corrected chi connectivity index (χ2v) is 4.89. The molecule has 2 N–H and O–H groups in total. The van der Waals surface area contributed by atoms with Gasteiger partial charge in [0.05, 0.1) is 6.54 Å². The Morgan fingerprint density at radius 3 is 2.38 bits per heavy atom. The van der Waals surface area contributed by atoms with Gasteiger partial charge in [0.15, 0.2) is 0 Å². The number of likely N-dealkylation sites (N-methyl/N-ethyl adjacent to an activating group) is 2. The number of carbonyl (C=O) groups is 1. The number of amides is 1. The molecule has 1 amide bonds. The highest BCUT2D eigenvalue weighted by molar-refractivity contribution is 5.81. The first kappa shape index (κ1) is 17.4. The Labute approximate surface area is 124 Å². The molecule has 0 saturated carbocycles. The van der Waals surface area contributed by atoms with E-state index < -0.39 is 11.6 Å². The molecule has 0 atom stereocenters. The van der Waals surface area contributed by atoms with Gasteiger partial charge in [-0.05, 0) is 37.6 Å². The normalized spacial score (nSPS) is 10.5. The van der Waals surface area contributed by atoms with Crippen LogP contribution in [0.2, 0.25) is 0 Å². The molecule has 0 aliphatic carbocycles. The van der Waals surface area contributed by atoms with Crippen molar-refractivity contribution in [3.05, 3.63) is 29.3 Å². The molecule has 0 aliphatic rings. The van der Waals surface area contributed by atoms with E-state index in [0.717, 1.165) is 13.0 Å². The van der Waals surface area contributed by atoms with Crippen LogP contribution in [0.3, 0.4) is 0 Å². The quantitative estimate of drug-likeness (QED) is 0.722. The Bertz CT molecular complexity index is 457. The van der Waals surface area contributed by atoms with E-state index in [2.05, 4.69) is 10.6 Å². The van der Waals surface area contributed by atoms with Gasteiger partial charge in [-0.1, -0.05) is 6.92 Å². The maximum atomic E-state index is 14.1. The van der Waals surface area contributed by atoms with Gasteiger partial charge >= 0.3 is 0 Å². The van der Waals surface area contributed by atoms with E-state index in [9.17, 15) is 13.6 Å². The first-order valence-electron chi connectivity index (χ1n) is 7.16. The van der Waals surface area contributed by atoms with Crippen molar-refractivity contribution < 1.29 is 13.6 Å². The molecule has 0 aliphatic heterocycles. The van der Waals surface area contributed by atoms with E-state index in [1.807, 2.05) is 6.92 Å². The van der Waals surface area contributed by atoms with E-state index in [1.165, 1.54) is 24.1 Å². The minimum absolute atomic E-state index is 0.0882. The first-order chi connectivity index (χ1) is 9.99. The van der Waals surface area contributed by atoms with Crippen molar-refractivity contribution in [2.24, 2.45) is 0 Å². The van der Waals surface area contributed by atoms with Gasteiger partial charge in [0.2, 0.25) is 5.91 Å². The number of nitrogens with zero attached hydrogens (tertiary/aromatic N) is 1. The van der Waals surface area contributed by atoms with Crippen molar-refractivity contribution in [3.8, 4) is 0 Å². The van der Waals surface area contributed by atoms with Gasteiger partial charge < -0.3 is 15.5 Å². The summed E-state index contributed by atoms with van der Waals surface area (Å²) in [6.07, 6.45) is 0.957. The number of carbonyl (C=O) groups excluding carboxylic acids is 1. The molecular formula is C15H23F2N3O. The van der Waals surface area contributed by atoms with Gasteiger partial charge in [-0.15, -0.1) is 0 Å². The Morgan fingerprint density at radius 1 is 1.24 bits per heavy atom. The molecule has 6 heteroatoms. The number of rotatable bonds is 8. The molecular weight excluding hydrogens is 276 g/mol. The lowest BCUT2D eigenvalue weighted by Gasteiger charge is -2.20. The number of benzene rings is 1. The summed E-state index contributed by atoms with van der Waals surface area (Å²) >= 11 is 0. The molecule has 0 radical (unpaired) electrons. The summed E-state index contributed by atoms with van der Waals surface area (Å²) in [7, 11) is 1.49. The molecule has 1 aromatic carbocycles. The number of halogens is 2. The molecule has 0 fully saturated rings. The lowest BCUT2D eigenvalue weighted by Crippen LogP contribution is -2.35. The smallest absolute Gasteiger partial charge is 0.239 e. The van der Waals surface area contributed by atoms with Crippen LogP contribution in [0, 0.1) is 11.6 Å². The maximum Gasteiger partial charge on any atom is 0.239 e. The molecule has 4 nitrogen and oxygen atoms in total. The highest BCUT2D eigenvalue weighted by Crippen LogP contribution is 2.24. The minimum atomic E-state index is -0.657. The van der Waals surface area contributed by atoms with Gasteiger partial charge in [0.1, 0.15) is 17.3 Å². The monoisotopic (exact) mass is 299 g/mol. The fourth-order valence-corrected chi connectivity index (χ4v) is 2.04. The van der Waals surface area contributed by atoms with Crippen molar-refractivity contribution in [3.63, 3.8) is 0 Å². The molecule has 0 saturated heterocycles. The molecule has 1 aromatic rings. The van der Waals surface area contributed by atoms with Crippen LogP contribution >= 0.6 is 0 Å². The minimum Gasteiger partial charge on any atom is -0.361 e. The third-order valence-corrected chi connectivity index (χ3v) is 2.97. The van der Waals surface area contributed by atoms with Crippen LogP contribution < -0.4 is 15.5 Å². The topological polar surface area (TPSA) is 44.4 Å². The summed E-state index contributed by atoms with van der Waals surface area (Å²) in [5, 5.41) is 5.69. The molecule has 0 spiro atoms. The fourth-order valence-electron chi connectivity index (χ4n) is 2.04. The van der Waals surface area contributed by atoms with Crippen LogP contribution in [-0.2, 0) is 11.3 Å². The molecule has 0 bridgehead atoms. The van der Waals surface area contributed by atoms with Crippen molar-refractivity contribution in [1.29, 1.82) is 0 Å². The van der Waals surface area contributed by atoms with Crippen LogP contribution in [0.25, 0.3) is 0 Å². The first-order valence-corrected chi connectivity index (χ1v) is 7.16. The van der Waals surface area contributed by atoms with Crippen LogP contribution in [0.1, 0.15) is 25.8 Å². The third kappa shape index (κ3) is 5.30. The second kappa shape index (κ2) is 8.56. The van der Waals surface area contributed by atoms with Crippen molar-refractivity contribution in [2.75, 3.05) is 31.6 Å². The Hall–Kier alpha value is -1.69. The summed E-state index contributed by atoms with van der Waals surface area (Å²) in [5.74, 6) is -1.59. The molecule has 118 valence electrons. The average molecular weight is 299 g/mol. The number of anilines is 1. The fraction of sp³-hybridized carbons (Fsp3) is 0.533. The number of nitrogens with one attached hydrogen (secondary N) is 2. The van der Waals surface area contributed by atoms with E-state index >= 15 is 0 Å². The summed E-state index contributed by atoms with van der Waals surface area (Å²) in [6.45, 7) is 5.42. The van der Waals surface area contributed by atoms with E-state index in [1.54, 1.807) is 6.92 Å². The number of hydrogen-bond acceptors (Lipinski definition) is 3. The Balaban J connectivity index is 2.81. The molecule has 0 heterocycles. The summed E-state index contributed by atoms with van der Waals surface area (Å²) in [5.41, 5.74) is 0.370. The average Bonchev–Trinajstić information content (AvgIpc) is 2.38. The Kier molecular flexibility index (Phi) is 7.08. The zero-order chi connectivity index (χ0) is 15.8. The molecule has 0 unspecified atom stereocenters. The summed E-state index contributed by atoms with van der Waals surface area (Å²) in [6, 6.07) is 2.60. The van der Waals surface area contributed by atoms with Gasteiger partial charge in [-0.2, -0.15) is 0 Å². The second-order valence-electron chi connectivity index (χ2n) is 4.89. The predicted octanol–water partition coefficient (Wildman–Crippen LogP) is 2.04. The zero-order valence-corrected chi connectivity index (χ0v) is 12.8. The van der Waals surface area contributed by atoms with E-state index in [-0.39, 0.29) is 18.1 Å².